The number of halogens is 1. The SMILES string of the molecule is CC(C)Cc1nn(-c2nc3ccccc3s2)c(Cl)c1C=O. The highest BCUT2D eigenvalue weighted by molar-refractivity contribution is 7.20. The quantitative estimate of drug-likeness (QED) is 0.679. The molecule has 3 rings (SSSR count). The number of benzene rings is 1. The molecule has 0 saturated carbocycles. The van der Waals surface area contributed by atoms with Crippen molar-refractivity contribution in [3.8, 4) is 5.13 Å². The van der Waals surface area contributed by atoms with Crippen molar-refractivity contribution in [3.63, 3.8) is 0 Å². The molecule has 108 valence electrons. The summed E-state index contributed by atoms with van der Waals surface area (Å²) in [7, 11) is 0. The number of thiazole rings is 1. The van der Waals surface area contributed by atoms with E-state index in [0.717, 1.165) is 22.2 Å². The van der Waals surface area contributed by atoms with Crippen molar-refractivity contribution in [1.82, 2.24) is 14.8 Å². The van der Waals surface area contributed by atoms with E-state index in [1.54, 1.807) is 4.68 Å². The fourth-order valence-corrected chi connectivity index (χ4v) is 3.43. The molecule has 0 N–H and O–H groups in total. The molecule has 0 atom stereocenters. The Balaban J connectivity index is 2.13. The molecule has 0 amide bonds. The van der Waals surface area contributed by atoms with Crippen LogP contribution in [0, 0.1) is 5.92 Å². The second-order valence-corrected chi connectivity index (χ2v) is 6.61. The molecule has 3 aromatic rings. The molecule has 0 spiro atoms. The van der Waals surface area contributed by atoms with Crippen LogP contribution in [0.1, 0.15) is 29.9 Å². The van der Waals surface area contributed by atoms with Gasteiger partial charge < -0.3 is 0 Å². The molecule has 21 heavy (non-hydrogen) atoms. The monoisotopic (exact) mass is 319 g/mol. The van der Waals surface area contributed by atoms with Gasteiger partial charge in [-0.3, -0.25) is 4.79 Å². The summed E-state index contributed by atoms with van der Waals surface area (Å²) in [6, 6.07) is 7.86. The van der Waals surface area contributed by atoms with Crippen LogP contribution in [0.4, 0.5) is 0 Å². The van der Waals surface area contributed by atoms with E-state index >= 15 is 0 Å². The zero-order chi connectivity index (χ0) is 15.0. The Morgan fingerprint density at radius 3 is 2.81 bits per heavy atom. The predicted octanol–water partition coefficient (Wildman–Crippen LogP) is 4.15. The highest BCUT2D eigenvalue weighted by Crippen LogP contribution is 2.29. The molecule has 0 aliphatic carbocycles. The molecule has 1 aromatic carbocycles. The largest absolute Gasteiger partial charge is 0.298 e. The third-order valence-electron chi connectivity index (χ3n) is 3.12. The number of rotatable bonds is 4. The first-order valence-corrected chi connectivity index (χ1v) is 7.88. The molecule has 6 heteroatoms. The molecule has 0 aliphatic rings. The minimum absolute atomic E-state index is 0.333. The van der Waals surface area contributed by atoms with E-state index in [9.17, 15) is 4.79 Å². The van der Waals surface area contributed by atoms with Crippen LogP contribution >= 0.6 is 22.9 Å². The van der Waals surface area contributed by atoms with Crippen molar-refractivity contribution in [2.24, 2.45) is 5.92 Å². The van der Waals surface area contributed by atoms with E-state index in [4.69, 9.17) is 11.6 Å². The van der Waals surface area contributed by atoms with Gasteiger partial charge >= 0.3 is 0 Å². The maximum atomic E-state index is 11.3. The number of nitrogens with zero attached hydrogens (tertiary/aromatic N) is 3. The third kappa shape index (κ3) is 2.59. The lowest BCUT2D eigenvalue weighted by atomic mass is 10.1. The molecule has 0 unspecified atom stereocenters. The van der Waals surface area contributed by atoms with E-state index in [1.165, 1.54) is 11.3 Å². The van der Waals surface area contributed by atoms with Crippen molar-refractivity contribution in [1.29, 1.82) is 0 Å². The van der Waals surface area contributed by atoms with Gasteiger partial charge in [0, 0.05) is 0 Å². The number of carbonyl (C=O) groups is 1. The number of aromatic nitrogens is 3. The Hall–Kier alpha value is -1.72. The van der Waals surface area contributed by atoms with Crippen molar-refractivity contribution in [2.75, 3.05) is 0 Å². The summed E-state index contributed by atoms with van der Waals surface area (Å²) in [4.78, 5) is 15.8. The second-order valence-electron chi connectivity index (χ2n) is 5.24. The van der Waals surface area contributed by atoms with E-state index in [1.807, 2.05) is 24.3 Å². The molecular formula is C15H14ClN3OS. The molecule has 0 bridgehead atoms. The second kappa shape index (κ2) is 5.58. The van der Waals surface area contributed by atoms with Crippen molar-refractivity contribution >= 4 is 39.4 Å². The maximum Gasteiger partial charge on any atom is 0.212 e. The molecule has 0 radical (unpaired) electrons. The Morgan fingerprint density at radius 2 is 2.14 bits per heavy atom. The minimum atomic E-state index is 0.333. The van der Waals surface area contributed by atoms with E-state index in [0.29, 0.717) is 28.2 Å². The summed E-state index contributed by atoms with van der Waals surface area (Å²) in [6.07, 6.45) is 1.49. The van der Waals surface area contributed by atoms with Crippen molar-refractivity contribution < 1.29 is 4.79 Å². The average Bonchev–Trinajstić information content (AvgIpc) is 2.99. The molecule has 4 nitrogen and oxygen atoms in total. The van der Waals surface area contributed by atoms with Crippen LogP contribution < -0.4 is 0 Å². The fourth-order valence-electron chi connectivity index (χ4n) is 2.18. The first-order chi connectivity index (χ1) is 10.1. The molecule has 0 aliphatic heterocycles. The zero-order valence-corrected chi connectivity index (χ0v) is 13.3. The van der Waals surface area contributed by atoms with Gasteiger partial charge in [0.15, 0.2) is 6.29 Å². The number of fused-ring (bicyclic) bond motifs is 1. The number of para-hydroxylation sites is 1. The average molecular weight is 320 g/mol. The van der Waals surface area contributed by atoms with Crippen LogP contribution in [-0.2, 0) is 6.42 Å². The van der Waals surface area contributed by atoms with Crippen LogP contribution in [0.25, 0.3) is 15.3 Å². The fraction of sp³-hybridized carbons (Fsp3) is 0.267. The highest BCUT2D eigenvalue weighted by atomic mass is 35.5. The van der Waals surface area contributed by atoms with E-state index in [2.05, 4.69) is 23.9 Å². The van der Waals surface area contributed by atoms with Crippen LogP contribution in [0.15, 0.2) is 24.3 Å². The van der Waals surface area contributed by atoms with Crippen LogP contribution in [0.2, 0.25) is 5.15 Å². The summed E-state index contributed by atoms with van der Waals surface area (Å²) in [5.41, 5.74) is 2.09. The van der Waals surface area contributed by atoms with Crippen molar-refractivity contribution in [3.05, 3.63) is 40.7 Å². The summed E-state index contributed by atoms with van der Waals surface area (Å²) >= 11 is 7.82. The number of hydrogen-bond donors (Lipinski definition) is 0. The Kier molecular flexibility index (Phi) is 3.78. The van der Waals surface area contributed by atoms with Gasteiger partial charge in [0.1, 0.15) is 5.15 Å². The molecule has 0 fully saturated rings. The lowest BCUT2D eigenvalue weighted by molar-refractivity contribution is 0.112. The standard InChI is InChI=1S/C15H14ClN3OS/c1-9(2)7-12-10(8-20)14(16)19(18-12)15-17-11-5-3-4-6-13(11)21-15/h3-6,8-9H,7H2,1-2H3. The van der Waals surface area contributed by atoms with Gasteiger partial charge in [-0.1, -0.05) is 48.9 Å². The predicted molar refractivity (Wildman–Crippen MR) is 85.7 cm³/mol. The first-order valence-electron chi connectivity index (χ1n) is 6.68. The maximum absolute atomic E-state index is 11.3. The van der Waals surface area contributed by atoms with Gasteiger partial charge in [-0.2, -0.15) is 9.78 Å². The molecular weight excluding hydrogens is 306 g/mol. The van der Waals surface area contributed by atoms with Gasteiger partial charge in [-0.15, -0.1) is 0 Å². The lowest BCUT2D eigenvalue weighted by Crippen LogP contribution is -1.99. The normalized spacial score (nSPS) is 11.4. The van der Waals surface area contributed by atoms with Gasteiger partial charge in [0.25, 0.3) is 0 Å². The summed E-state index contributed by atoms with van der Waals surface area (Å²) in [6.45, 7) is 4.17. The highest BCUT2D eigenvalue weighted by Gasteiger charge is 2.19. The summed E-state index contributed by atoms with van der Waals surface area (Å²) in [5, 5.41) is 5.50. The Labute approximate surface area is 131 Å². The lowest BCUT2D eigenvalue weighted by Gasteiger charge is -2.00. The summed E-state index contributed by atoms with van der Waals surface area (Å²) in [5.74, 6) is 0.401. The van der Waals surface area contributed by atoms with Crippen LogP contribution in [-0.4, -0.2) is 21.1 Å². The summed E-state index contributed by atoms with van der Waals surface area (Å²) < 4.78 is 2.63. The molecule has 0 saturated heterocycles. The molecule has 2 aromatic heterocycles. The zero-order valence-electron chi connectivity index (χ0n) is 11.7. The van der Waals surface area contributed by atoms with Crippen molar-refractivity contribution in [2.45, 2.75) is 20.3 Å². The smallest absolute Gasteiger partial charge is 0.212 e. The minimum Gasteiger partial charge on any atom is -0.298 e. The number of aldehydes is 1. The third-order valence-corrected chi connectivity index (χ3v) is 4.50. The number of carbonyl (C=O) groups excluding carboxylic acids is 1. The Bertz CT molecular complexity index is 773. The molecule has 2 heterocycles. The van der Waals surface area contributed by atoms with Crippen LogP contribution in [0.5, 0.6) is 0 Å². The number of hydrogen-bond acceptors (Lipinski definition) is 4. The van der Waals surface area contributed by atoms with E-state index in [-0.39, 0.29) is 0 Å². The van der Waals surface area contributed by atoms with Gasteiger partial charge in [0.05, 0.1) is 21.5 Å². The van der Waals surface area contributed by atoms with Gasteiger partial charge in [-0.25, -0.2) is 4.98 Å². The van der Waals surface area contributed by atoms with Gasteiger partial charge in [-0.05, 0) is 24.5 Å². The topological polar surface area (TPSA) is 47.8 Å². The van der Waals surface area contributed by atoms with Gasteiger partial charge in [0.2, 0.25) is 5.13 Å². The first kappa shape index (κ1) is 14.2. The van der Waals surface area contributed by atoms with Crippen LogP contribution in [0.3, 0.4) is 0 Å². The Morgan fingerprint density at radius 1 is 1.38 bits per heavy atom. The van der Waals surface area contributed by atoms with E-state index < -0.39 is 0 Å².